The van der Waals surface area contributed by atoms with E-state index in [2.05, 4.69) is 17.1 Å². The Hall–Kier alpha value is -2.65. The molecular formula is C18H14N2O. The molecule has 0 fully saturated rings. The number of furan rings is 1. The van der Waals surface area contributed by atoms with Crippen LogP contribution in [-0.2, 0) is 0 Å². The van der Waals surface area contributed by atoms with Crippen molar-refractivity contribution in [1.29, 1.82) is 0 Å². The lowest BCUT2D eigenvalue weighted by molar-refractivity contribution is 0.668. The van der Waals surface area contributed by atoms with E-state index in [1.165, 1.54) is 0 Å². The zero-order chi connectivity index (χ0) is 14.2. The van der Waals surface area contributed by atoms with Crippen molar-refractivity contribution < 1.29 is 4.42 Å². The lowest BCUT2D eigenvalue weighted by Gasteiger charge is -2.11. The minimum absolute atomic E-state index is 0.232. The average molecular weight is 274 g/mol. The smallest absolute Gasteiger partial charge is 0.135 e. The molecule has 4 rings (SSSR count). The summed E-state index contributed by atoms with van der Waals surface area (Å²) in [5.41, 5.74) is 10.0. The van der Waals surface area contributed by atoms with Gasteiger partial charge in [0.05, 0.1) is 11.7 Å². The molecule has 0 spiro atoms. The predicted molar refractivity (Wildman–Crippen MR) is 84.0 cm³/mol. The Morgan fingerprint density at radius 3 is 2.52 bits per heavy atom. The number of hydrogen-bond donors (Lipinski definition) is 1. The Bertz CT molecular complexity index is 912. The van der Waals surface area contributed by atoms with Crippen molar-refractivity contribution in [3.05, 3.63) is 78.1 Å². The molecule has 2 aromatic carbocycles. The van der Waals surface area contributed by atoms with Crippen molar-refractivity contribution in [2.75, 3.05) is 0 Å². The SMILES string of the molecule is NC(c1ccc2oc3ccccc3c2c1)c1ccccn1. The molecule has 0 saturated heterocycles. The lowest BCUT2D eigenvalue weighted by Crippen LogP contribution is -2.13. The second-order valence-electron chi connectivity index (χ2n) is 5.09. The summed E-state index contributed by atoms with van der Waals surface area (Å²) in [6, 6.07) is 19.7. The molecule has 102 valence electrons. The first kappa shape index (κ1) is 12.1. The van der Waals surface area contributed by atoms with Crippen molar-refractivity contribution in [3.63, 3.8) is 0 Å². The quantitative estimate of drug-likeness (QED) is 0.600. The zero-order valence-electron chi connectivity index (χ0n) is 11.4. The number of para-hydroxylation sites is 1. The number of rotatable bonds is 2. The largest absolute Gasteiger partial charge is 0.456 e. The molecule has 3 heteroatoms. The Morgan fingerprint density at radius 2 is 1.67 bits per heavy atom. The van der Waals surface area contributed by atoms with Gasteiger partial charge in [-0.2, -0.15) is 0 Å². The molecule has 0 bridgehead atoms. The summed E-state index contributed by atoms with van der Waals surface area (Å²) in [5.74, 6) is 0. The fourth-order valence-electron chi connectivity index (χ4n) is 2.67. The summed E-state index contributed by atoms with van der Waals surface area (Å²) < 4.78 is 5.84. The minimum atomic E-state index is -0.232. The number of nitrogens with zero attached hydrogens (tertiary/aromatic N) is 1. The number of pyridine rings is 1. The second kappa shape index (κ2) is 4.72. The van der Waals surface area contributed by atoms with Crippen LogP contribution in [0.2, 0.25) is 0 Å². The van der Waals surface area contributed by atoms with E-state index in [4.69, 9.17) is 10.2 Å². The molecule has 21 heavy (non-hydrogen) atoms. The highest BCUT2D eigenvalue weighted by Gasteiger charge is 2.13. The summed E-state index contributed by atoms with van der Waals surface area (Å²) in [6.07, 6.45) is 1.76. The van der Waals surface area contributed by atoms with Crippen LogP contribution < -0.4 is 5.73 Å². The van der Waals surface area contributed by atoms with E-state index in [0.717, 1.165) is 33.2 Å². The molecule has 0 aliphatic heterocycles. The van der Waals surface area contributed by atoms with Gasteiger partial charge in [0.2, 0.25) is 0 Å². The highest BCUT2D eigenvalue weighted by molar-refractivity contribution is 6.05. The van der Waals surface area contributed by atoms with Gasteiger partial charge < -0.3 is 10.2 Å². The molecule has 4 aromatic rings. The molecule has 2 aromatic heterocycles. The van der Waals surface area contributed by atoms with Gasteiger partial charge in [-0.3, -0.25) is 4.98 Å². The molecule has 0 aliphatic carbocycles. The van der Waals surface area contributed by atoms with E-state index in [-0.39, 0.29) is 6.04 Å². The molecule has 1 atom stereocenters. The van der Waals surface area contributed by atoms with E-state index in [1.807, 2.05) is 48.5 Å². The summed E-state index contributed by atoms with van der Waals surface area (Å²) in [5, 5.41) is 2.21. The Labute approximate surface area is 122 Å². The topological polar surface area (TPSA) is 52.0 Å². The number of hydrogen-bond acceptors (Lipinski definition) is 3. The number of benzene rings is 2. The van der Waals surface area contributed by atoms with Crippen molar-refractivity contribution in [2.24, 2.45) is 5.73 Å². The van der Waals surface area contributed by atoms with Crippen molar-refractivity contribution >= 4 is 21.9 Å². The fourth-order valence-corrected chi connectivity index (χ4v) is 2.67. The van der Waals surface area contributed by atoms with Gasteiger partial charge >= 0.3 is 0 Å². The van der Waals surface area contributed by atoms with E-state index in [0.29, 0.717) is 0 Å². The third kappa shape index (κ3) is 1.99. The maximum atomic E-state index is 6.33. The maximum Gasteiger partial charge on any atom is 0.135 e. The third-order valence-corrected chi connectivity index (χ3v) is 3.77. The van der Waals surface area contributed by atoms with Gasteiger partial charge in [0.15, 0.2) is 0 Å². The van der Waals surface area contributed by atoms with E-state index in [9.17, 15) is 0 Å². The monoisotopic (exact) mass is 274 g/mol. The minimum Gasteiger partial charge on any atom is -0.456 e. The molecule has 3 nitrogen and oxygen atoms in total. The van der Waals surface area contributed by atoms with Crippen LogP contribution in [0, 0.1) is 0 Å². The average Bonchev–Trinajstić information content (AvgIpc) is 2.93. The van der Waals surface area contributed by atoms with Crippen LogP contribution >= 0.6 is 0 Å². The van der Waals surface area contributed by atoms with Gasteiger partial charge in [0.25, 0.3) is 0 Å². The summed E-state index contributed by atoms with van der Waals surface area (Å²) in [6.45, 7) is 0. The van der Waals surface area contributed by atoms with Crippen molar-refractivity contribution in [3.8, 4) is 0 Å². The number of aromatic nitrogens is 1. The lowest BCUT2D eigenvalue weighted by atomic mass is 10.0. The van der Waals surface area contributed by atoms with Gasteiger partial charge in [-0.15, -0.1) is 0 Å². The summed E-state index contributed by atoms with van der Waals surface area (Å²) in [7, 11) is 0. The predicted octanol–water partition coefficient (Wildman–Crippen LogP) is 4.03. The Balaban J connectivity index is 1.88. The molecule has 2 N–H and O–H groups in total. The molecule has 0 aliphatic rings. The molecule has 0 radical (unpaired) electrons. The Morgan fingerprint density at radius 1 is 0.857 bits per heavy atom. The number of fused-ring (bicyclic) bond motifs is 3. The maximum absolute atomic E-state index is 6.33. The molecule has 0 amide bonds. The molecule has 0 saturated carbocycles. The van der Waals surface area contributed by atoms with Gasteiger partial charge in [-0.25, -0.2) is 0 Å². The number of nitrogens with two attached hydrogens (primary N) is 1. The van der Waals surface area contributed by atoms with Gasteiger partial charge in [0.1, 0.15) is 11.2 Å². The van der Waals surface area contributed by atoms with Gasteiger partial charge in [-0.1, -0.05) is 30.3 Å². The van der Waals surface area contributed by atoms with Crippen LogP contribution in [-0.4, -0.2) is 4.98 Å². The first-order chi connectivity index (χ1) is 10.3. The van der Waals surface area contributed by atoms with Gasteiger partial charge in [0, 0.05) is 17.0 Å². The fraction of sp³-hybridized carbons (Fsp3) is 0.0556. The second-order valence-corrected chi connectivity index (χ2v) is 5.09. The van der Waals surface area contributed by atoms with Crippen LogP contribution in [0.4, 0.5) is 0 Å². The zero-order valence-corrected chi connectivity index (χ0v) is 11.4. The van der Waals surface area contributed by atoms with Crippen molar-refractivity contribution in [1.82, 2.24) is 4.98 Å². The van der Waals surface area contributed by atoms with Crippen LogP contribution in [0.25, 0.3) is 21.9 Å². The van der Waals surface area contributed by atoms with Crippen LogP contribution in [0.1, 0.15) is 17.3 Å². The molecule has 1 unspecified atom stereocenters. The third-order valence-electron chi connectivity index (χ3n) is 3.77. The van der Waals surface area contributed by atoms with Crippen LogP contribution in [0.3, 0.4) is 0 Å². The van der Waals surface area contributed by atoms with E-state index < -0.39 is 0 Å². The standard InChI is InChI=1S/C18H14N2O/c19-18(15-6-3-4-10-20-15)12-8-9-17-14(11-12)13-5-1-2-7-16(13)21-17/h1-11,18H,19H2. The highest BCUT2D eigenvalue weighted by atomic mass is 16.3. The van der Waals surface area contributed by atoms with Crippen LogP contribution in [0.15, 0.2) is 71.3 Å². The van der Waals surface area contributed by atoms with Gasteiger partial charge in [-0.05, 0) is 35.9 Å². The first-order valence-corrected chi connectivity index (χ1v) is 6.90. The van der Waals surface area contributed by atoms with E-state index >= 15 is 0 Å². The summed E-state index contributed by atoms with van der Waals surface area (Å²) in [4.78, 5) is 4.34. The normalized spacial score (nSPS) is 12.8. The van der Waals surface area contributed by atoms with Crippen LogP contribution in [0.5, 0.6) is 0 Å². The first-order valence-electron chi connectivity index (χ1n) is 6.90. The summed E-state index contributed by atoms with van der Waals surface area (Å²) >= 11 is 0. The van der Waals surface area contributed by atoms with E-state index in [1.54, 1.807) is 6.20 Å². The molecule has 2 heterocycles. The molecular weight excluding hydrogens is 260 g/mol. The highest BCUT2D eigenvalue weighted by Crippen LogP contribution is 2.31. The Kier molecular flexibility index (Phi) is 2.72. The van der Waals surface area contributed by atoms with Crippen molar-refractivity contribution in [2.45, 2.75) is 6.04 Å².